The molecule has 5 rings (SSSR count). The number of aryl methyl sites for hydroxylation is 2. The number of ether oxygens (including phenoxy) is 2. The molecule has 4 N–H and O–H groups in total. The molecule has 2 aliphatic carbocycles. The number of rotatable bonds is 8. The van der Waals surface area contributed by atoms with E-state index in [0.717, 1.165) is 64.3 Å². The molecule has 0 saturated heterocycles. The van der Waals surface area contributed by atoms with Gasteiger partial charge in [-0.3, -0.25) is 4.79 Å². The van der Waals surface area contributed by atoms with E-state index in [1.165, 1.54) is 36.5 Å². The first kappa shape index (κ1) is 35.6. The Morgan fingerprint density at radius 3 is 1.82 bits per heavy atom. The van der Waals surface area contributed by atoms with Gasteiger partial charge in [0.25, 0.3) is 0 Å². The number of urea groups is 1. The van der Waals surface area contributed by atoms with Gasteiger partial charge >= 0.3 is 18.0 Å². The first-order valence-corrected chi connectivity index (χ1v) is 15.9. The summed E-state index contributed by atoms with van der Waals surface area (Å²) in [7, 11) is 2.68. The first-order chi connectivity index (χ1) is 20.7. The minimum atomic E-state index is -0.751. The van der Waals surface area contributed by atoms with Gasteiger partial charge in [-0.05, 0) is 103 Å². The van der Waals surface area contributed by atoms with Crippen molar-refractivity contribution in [2.75, 3.05) is 19.5 Å². The van der Waals surface area contributed by atoms with E-state index in [4.69, 9.17) is 10.5 Å². The fourth-order valence-corrected chi connectivity index (χ4v) is 6.56. The van der Waals surface area contributed by atoms with Crippen LogP contribution in [0, 0.1) is 0 Å². The Morgan fingerprint density at radius 1 is 0.795 bits per heavy atom. The van der Waals surface area contributed by atoms with Crippen molar-refractivity contribution in [3.05, 3.63) is 96.9 Å². The van der Waals surface area contributed by atoms with Crippen LogP contribution in [0.5, 0.6) is 0 Å². The molecule has 2 amide bonds. The quantitative estimate of drug-likeness (QED) is 0.235. The van der Waals surface area contributed by atoms with Crippen molar-refractivity contribution in [1.82, 2.24) is 5.32 Å². The van der Waals surface area contributed by atoms with Gasteiger partial charge in [-0.25, -0.2) is 9.59 Å². The molecular formula is C33H38Br2ClN3O5. The Labute approximate surface area is 281 Å². The van der Waals surface area contributed by atoms with E-state index in [-0.39, 0.29) is 24.4 Å². The highest BCUT2D eigenvalue weighted by Crippen LogP contribution is 2.38. The number of halogens is 3. The van der Waals surface area contributed by atoms with Crippen LogP contribution >= 0.6 is 44.3 Å². The number of amides is 2. The van der Waals surface area contributed by atoms with Crippen molar-refractivity contribution < 1.29 is 23.9 Å². The molecule has 0 heterocycles. The second kappa shape index (κ2) is 17.0. The number of hydrogen-bond acceptors (Lipinski definition) is 6. The molecule has 44 heavy (non-hydrogen) atoms. The molecule has 2 atom stereocenters. The molecule has 0 aromatic heterocycles. The van der Waals surface area contributed by atoms with Crippen LogP contribution in [-0.4, -0.2) is 44.3 Å². The number of hydrogen-bond donors (Lipinski definition) is 3. The minimum absolute atomic E-state index is 0. The maximum absolute atomic E-state index is 12.9. The Morgan fingerprint density at radius 2 is 1.32 bits per heavy atom. The highest BCUT2D eigenvalue weighted by molar-refractivity contribution is 9.10. The number of anilines is 1. The molecule has 0 spiro atoms. The summed E-state index contributed by atoms with van der Waals surface area (Å²) in [6, 6.07) is 16.0. The van der Waals surface area contributed by atoms with Crippen molar-refractivity contribution in [3.63, 3.8) is 0 Å². The van der Waals surface area contributed by atoms with E-state index < -0.39 is 18.1 Å². The lowest BCUT2D eigenvalue weighted by Crippen LogP contribution is -2.45. The van der Waals surface area contributed by atoms with E-state index in [1.807, 2.05) is 48.5 Å². The second-order valence-corrected chi connectivity index (χ2v) is 12.5. The van der Waals surface area contributed by atoms with Gasteiger partial charge in [-0.1, -0.05) is 62.2 Å². The fourth-order valence-electron chi connectivity index (χ4n) is 5.66. The molecular weight excluding hydrogens is 714 g/mol. The number of esters is 2. The lowest BCUT2D eigenvalue weighted by molar-refractivity contribution is -0.143. The summed E-state index contributed by atoms with van der Waals surface area (Å²) in [5, 5.41) is 5.91. The van der Waals surface area contributed by atoms with E-state index in [0.29, 0.717) is 12.8 Å². The van der Waals surface area contributed by atoms with Gasteiger partial charge in [0, 0.05) is 21.1 Å². The third-order valence-electron chi connectivity index (χ3n) is 7.68. The van der Waals surface area contributed by atoms with Gasteiger partial charge in [0.2, 0.25) is 0 Å². The lowest BCUT2D eigenvalue weighted by atomic mass is 9.99. The molecule has 0 fully saturated rings. The average molecular weight is 752 g/mol. The van der Waals surface area contributed by atoms with Crippen LogP contribution in [0.4, 0.5) is 10.5 Å². The Bertz CT molecular complexity index is 1450. The van der Waals surface area contributed by atoms with Crippen molar-refractivity contribution in [1.29, 1.82) is 0 Å². The zero-order valence-electron chi connectivity index (χ0n) is 24.8. The summed E-state index contributed by atoms with van der Waals surface area (Å²) >= 11 is 6.79. The fraction of sp³-hybridized carbons (Fsp3) is 0.364. The highest BCUT2D eigenvalue weighted by Gasteiger charge is 2.27. The van der Waals surface area contributed by atoms with Crippen LogP contribution in [0.1, 0.15) is 46.2 Å². The third-order valence-corrected chi connectivity index (χ3v) is 8.67. The molecule has 236 valence electrons. The Hall–Kier alpha value is -2.92. The minimum Gasteiger partial charge on any atom is -0.468 e. The maximum atomic E-state index is 12.9. The van der Waals surface area contributed by atoms with Gasteiger partial charge in [-0.2, -0.15) is 0 Å². The molecule has 0 unspecified atom stereocenters. The van der Waals surface area contributed by atoms with E-state index in [1.54, 1.807) is 0 Å². The SMILES string of the molecule is COC(=O)[C@@H](Cc1cccc(Br)c1)NC(=O)Nc1c2c(cc3c1CCC3)CCC2.COC(=O)[C@H](N)Cc1cccc(Br)c1.Cl. The molecule has 0 bridgehead atoms. The van der Waals surface area contributed by atoms with Gasteiger partial charge in [-0.15, -0.1) is 12.4 Å². The summed E-state index contributed by atoms with van der Waals surface area (Å²) in [5.74, 6) is -0.839. The van der Waals surface area contributed by atoms with Crippen LogP contribution in [-0.2, 0) is 57.6 Å². The van der Waals surface area contributed by atoms with E-state index in [2.05, 4.69) is 53.3 Å². The van der Waals surface area contributed by atoms with Crippen molar-refractivity contribution >= 4 is 67.9 Å². The summed E-state index contributed by atoms with van der Waals surface area (Å²) in [5.41, 5.74) is 13.8. The average Bonchev–Trinajstić information content (AvgIpc) is 3.66. The largest absolute Gasteiger partial charge is 0.468 e. The molecule has 0 aliphatic heterocycles. The number of carbonyl (C=O) groups is 3. The van der Waals surface area contributed by atoms with E-state index >= 15 is 0 Å². The van der Waals surface area contributed by atoms with Crippen molar-refractivity contribution in [2.45, 2.75) is 63.5 Å². The number of carbonyl (C=O) groups excluding carboxylic acids is 3. The van der Waals surface area contributed by atoms with E-state index in [9.17, 15) is 14.4 Å². The summed E-state index contributed by atoms with van der Waals surface area (Å²) < 4.78 is 11.4. The van der Waals surface area contributed by atoms with Gasteiger partial charge in [0.1, 0.15) is 12.1 Å². The van der Waals surface area contributed by atoms with Gasteiger partial charge in [0.15, 0.2) is 0 Å². The van der Waals surface area contributed by atoms with Crippen molar-refractivity contribution in [3.8, 4) is 0 Å². The van der Waals surface area contributed by atoms with Crippen LogP contribution < -0.4 is 16.4 Å². The van der Waals surface area contributed by atoms with Crippen molar-refractivity contribution in [2.24, 2.45) is 5.73 Å². The number of fused-ring (bicyclic) bond motifs is 2. The summed E-state index contributed by atoms with van der Waals surface area (Å²) in [6.45, 7) is 0. The van der Waals surface area contributed by atoms with Crippen LogP contribution in [0.2, 0.25) is 0 Å². The predicted molar refractivity (Wildman–Crippen MR) is 181 cm³/mol. The molecule has 0 radical (unpaired) electrons. The zero-order valence-corrected chi connectivity index (χ0v) is 28.8. The standard InChI is InChI=1S/C23H25BrN2O3.C10H12BrNO2.ClH/c1-29-22(27)20(12-14-5-2-8-17(24)11-14)25-23(28)26-21-18-9-3-6-15(18)13-16-7-4-10-19(16)21;1-14-10(13)9(12)6-7-3-2-4-8(11)5-7;/h2,5,8,11,13,20H,3-4,6-7,9-10,12H2,1H3,(H2,25,26,28);2-5,9H,6,12H2,1H3;1H/t20-;9-;/m11./s1. The predicted octanol–water partition coefficient (Wildman–Crippen LogP) is 6.25. The lowest BCUT2D eigenvalue weighted by Gasteiger charge is -2.20. The monoisotopic (exact) mass is 749 g/mol. The molecule has 8 nitrogen and oxygen atoms in total. The normalized spacial score (nSPS) is 14.0. The smallest absolute Gasteiger partial charge is 0.328 e. The zero-order chi connectivity index (χ0) is 30.9. The number of methoxy groups -OCH3 is 2. The Balaban J connectivity index is 0.000000299. The number of benzene rings is 3. The summed E-state index contributed by atoms with van der Waals surface area (Å²) in [4.78, 5) is 36.2. The number of nitrogens with two attached hydrogens (primary N) is 1. The summed E-state index contributed by atoms with van der Waals surface area (Å²) in [6.07, 6.45) is 7.26. The molecule has 11 heteroatoms. The number of nitrogens with one attached hydrogen (secondary N) is 2. The second-order valence-electron chi connectivity index (χ2n) is 10.7. The third kappa shape index (κ3) is 9.54. The van der Waals surface area contributed by atoms with Gasteiger partial charge < -0.3 is 25.8 Å². The molecule has 3 aromatic rings. The van der Waals surface area contributed by atoms with Crippen LogP contribution in [0.15, 0.2) is 63.5 Å². The topological polar surface area (TPSA) is 120 Å². The molecule has 3 aromatic carbocycles. The first-order valence-electron chi connectivity index (χ1n) is 14.3. The van der Waals surface area contributed by atoms with Gasteiger partial charge in [0.05, 0.1) is 14.2 Å². The molecule has 0 saturated carbocycles. The van der Waals surface area contributed by atoms with Crippen LogP contribution in [0.25, 0.3) is 0 Å². The molecule has 2 aliphatic rings. The highest BCUT2D eigenvalue weighted by atomic mass is 79.9. The maximum Gasteiger partial charge on any atom is 0.328 e. The Kier molecular flexibility index (Phi) is 13.7. The van der Waals surface area contributed by atoms with Crippen LogP contribution in [0.3, 0.4) is 0 Å².